The van der Waals surface area contributed by atoms with Crippen LogP contribution in [-0.4, -0.2) is 41.6 Å². The molecular weight excluding hydrogens is 256 g/mol. The Kier molecular flexibility index (Phi) is 5.05. The van der Waals surface area contributed by atoms with E-state index in [1.807, 2.05) is 25.7 Å². The van der Waals surface area contributed by atoms with Crippen LogP contribution in [0.5, 0.6) is 0 Å². The van der Waals surface area contributed by atoms with Crippen LogP contribution >= 0.6 is 0 Å². The summed E-state index contributed by atoms with van der Waals surface area (Å²) in [6.07, 6.45) is 1.09. The molecule has 0 unspecified atom stereocenters. The Hall–Kier alpha value is -1.26. The molecule has 0 bridgehead atoms. The summed E-state index contributed by atoms with van der Waals surface area (Å²) in [5.41, 5.74) is -0.657. The predicted octanol–water partition coefficient (Wildman–Crippen LogP) is 2.55. The van der Waals surface area contributed by atoms with E-state index in [2.05, 4.69) is 26.1 Å². The average molecular weight is 284 g/mol. The highest BCUT2D eigenvalue weighted by Gasteiger charge is 2.32. The van der Waals surface area contributed by atoms with Crippen molar-refractivity contribution in [2.45, 2.75) is 66.0 Å². The lowest BCUT2D eigenvalue weighted by atomic mass is 9.86. The molecule has 5 nitrogen and oxygen atoms in total. The maximum atomic E-state index is 11.9. The van der Waals surface area contributed by atoms with Crippen molar-refractivity contribution >= 4 is 12.0 Å². The lowest BCUT2D eigenvalue weighted by molar-refractivity contribution is -0.128. The SMILES string of the molecule is CC(C)(C)OC(=O)N[C@H](CN1CCCC1=O)C(C)(C)C. The lowest BCUT2D eigenvalue weighted by Crippen LogP contribution is -2.52. The van der Waals surface area contributed by atoms with Gasteiger partial charge >= 0.3 is 6.09 Å². The fourth-order valence-electron chi connectivity index (χ4n) is 2.10. The van der Waals surface area contributed by atoms with Crippen LogP contribution in [0.4, 0.5) is 4.79 Å². The fraction of sp³-hybridized carbons (Fsp3) is 0.867. The van der Waals surface area contributed by atoms with Crippen LogP contribution in [0.3, 0.4) is 0 Å². The van der Waals surface area contributed by atoms with Gasteiger partial charge in [0.25, 0.3) is 0 Å². The summed E-state index contributed by atoms with van der Waals surface area (Å²) in [6.45, 7) is 13.0. The second kappa shape index (κ2) is 6.02. The summed E-state index contributed by atoms with van der Waals surface area (Å²) in [6, 6.07) is -0.126. The molecular formula is C15H28N2O3. The number of hydrogen-bond donors (Lipinski definition) is 1. The molecule has 0 aliphatic carbocycles. The molecule has 0 saturated carbocycles. The number of alkyl carbamates (subject to hydrolysis) is 1. The van der Waals surface area contributed by atoms with Gasteiger partial charge in [0.15, 0.2) is 0 Å². The highest BCUT2D eigenvalue weighted by molar-refractivity contribution is 5.78. The highest BCUT2D eigenvalue weighted by atomic mass is 16.6. The number of likely N-dealkylation sites (tertiary alicyclic amines) is 1. The van der Waals surface area contributed by atoms with Gasteiger partial charge in [0.1, 0.15) is 5.60 Å². The van der Waals surface area contributed by atoms with Crippen LogP contribution in [0.2, 0.25) is 0 Å². The first-order valence-electron chi connectivity index (χ1n) is 7.26. The largest absolute Gasteiger partial charge is 0.444 e. The second-order valence-corrected chi connectivity index (χ2v) is 7.51. The van der Waals surface area contributed by atoms with E-state index >= 15 is 0 Å². The Morgan fingerprint density at radius 3 is 2.30 bits per heavy atom. The van der Waals surface area contributed by atoms with E-state index in [1.54, 1.807) is 0 Å². The quantitative estimate of drug-likeness (QED) is 0.866. The molecule has 2 amide bonds. The smallest absolute Gasteiger partial charge is 0.407 e. The Labute approximate surface area is 122 Å². The third-order valence-corrected chi connectivity index (χ3v) is 3.31. The summed E-state index contributed by atoms with van der Waals surface area (Å²) in [5.74, 6) is 0.172. The maximum absolute atomic E-state index is 11.9. The van der Waals surface area contributed by atoms with Gasteiger partial charge in [-0.3, -0.25) is 4.79 Å². The number of amides is 2. The summed E-state index contributed by atoms with van der Waals surface area (Å²) in [5, 5.41) is 2.91. The van der Waals surface area contributed by atoms with Gasteiger partial charge in [0.2, 0.25) is 5.91 Å². The zero-order valence-corrected chi connectivity index (χ0v) is 13.6. The number of nitrogens with one attached hydrogen (secondary N) is 1. The van der Waals surface area contributed by atoms with Crippen LogP contribution in [0.25, 0.3) is 0 Å². The van der Waals surface area contributed by atoms with Gasteiger partial charge in [-0.2, -0.15) is 0 Å². The minimum atomic E-state index is -0.518. The van der Waals surface area contributed by atoms with Crippen molar-refractivity contribution in [2.24, 2.45) is 5.41 Å². The first kappa shape index (κ1) is 16.8. The summed E-state index contributed by atoms with van der Waals surface area (Å²) >= 11 is 0. The van der Waals surface area contributed by atoms with E-state index in [0.717, 1.165) is 13.0 Å². The van der Waals surface area contributed by atoms with Crippen LogP contribution in [0.15, 0.2) is 0 Å². The van der Waals surface area contributed by atoms with Crippen molar-refractivity contribution in [1.29, 1.82) is 0 Å². The molecule has 0 aromatic rings. The zero-order valence-electron chi connectivity index (χ0n) is 13.6. The molecule has 1 aliphatic rings. The number of carbonyl (C=O) groups is 2. The molecule has 0 radical (unpaired) electrons. The molecule has 1 saturated heterocycles. The van der Waals surface area contributed by atoms with Gasteiger partial charge in [0.05, 0.1) is 6.04 Å². The van der Waals surface area contributed by atoms with Crippen LogP contribution < -0.4 is 5.32 Å². The van der Waals surface area contributed by atoms with Gasteiger partial charge < -0.3 is 15.0 Å². The third kappa shape index (κ3) is 5.39. The van der Waals surface area contributed by atoms with E-state index in [4.69, 9.17) is 4.74 Å². The van der Waals surface area contributed by atoms with Gasteiger partial charge in [-0.25, -0.2) is 4.79 Å². The normalized spacial score (nSPS) is 18.1. The molecule has 5 heteroatoms. The van der Waals surface area contributed by atoms with Crippen molar-refractivity contribution < 1.29 is 14.3 Å². The molecule has 0 spiro atoms. The first-order chi connectivity index (χ1) is 8.99. The van der Waals surface area contributed by atoms with Gasteiger partial charge in [-0.1, -0.05) is 20.8 Å². The molecule has 1 heterocycles. The van der Waals surface area contributed by atoms with E-state index < -0.39 is 11.7 Å². The molecule has 1 rings (SSSR count). The molecule has 1 atom stereocenters. The Balaban J connectivity index is 2.66. The highest BCUT2D eigenvalue weighted by Crippen LogP contribution is 2.22. The van der Waals surface area contributed by atoms with Gasteiger partial charge in [-0.15, -0.1) is 0 Å². The van der Waals surface area contributed by atoms with Crippen molar-refractivity contribution in [3.63, 3.8) is 0 Å². The molecule has 1 N–H and O–H groups in total. The number of carbonyl (C=O) groups excluding carboxylic acids is 2. The Morgan fingerprint density at radius 1 is 1.30 bits per heavy atom. The standard InChI is InChI=1S/C15H28N2O3/c1-14(2,3)11(10-17-9-7-8-12(17)18)16-13(19)20-15(4,5)6/h11H,7-10H2,1-6H3,(H,16,19)/t11-/m1/s1. The van der Waals surface area contributed by atoms with E-state index in [-0.39, 0.29) is 17.4 Å². The van der Waals surface area contributed by atoms with Crippen molar-refractivity contribution in [3.05, 3.63) is 0 Å². The van der Waals surface area contributed by atoms with Crippen LogP contribution in [0, 0.1) is 5.41 Å². The molecule has 0 aromatic carbocycles. The van der Waals surface area contributed by atoms with E-state index in [0.29, 0.717) is 13.0 Å². The zero-order chi connectivity index (χ0) is 15.6. The Bertz CT molecular complexity index is 366. The third-order valence-electron chi connectivity index (χ3n) is 3.31. The molecule has 1 fully saturated rings. The number of ether oxygens (including phenoxy) is 1. The van der Waals surface area contributed by atoms with Gasteiger partial charge in [0, 0.05) is 19.5 Å². The number of rotatable bonds is 3. The minimum absolute atomic E-state index is 0.126. The van der Waals surface area contributed by atoms with E-state index in [1.165, 1.54) is 0 Å². The number of hydrogen-bond acceptors (Lipinski definition) is 3. The van der Waals surface area contributed by atoms with E-state index in [9.17, 15) is 9.59 Å². The molecule has 1 aliphatic heterocycles. The van der Waals surface area contributed by atoms with Crippen LogP contribution in [-0.2, 0) is 9.53 Å². The molecule has 20 heavy (non-hydrogen) atoms. The van der Waals surface area contributed by atoms with Crippen molar-refractivity contribution in [3.8, 4) is 0 Å². The molecule has 116 valence electrons. The number of nitrogens with zero attached hydrogens (tertiary/aromatic N) is 1. The first-order valence-corrected chi connectivity index (χ1v) is 7.26. The Morgan fingerprint density at radius 2 is 1.90 bits per heavy atom. The average Bonchev–Trinajstić information content (AvgIpc) is 2.59. The van der Waals surface area contributed by atoms with Crippen molar-refractivity contribution in [1.82, 2.24) is 10.2 Å². The second-order valence-electron chi connectivity index (χ2n) is 7.51. The van der Waals surface area contributed by atoms with Crippen LogP contribution in [0.1, 0.15) is 54.4 Å². The minimum Gasteiger partial charge on any atom is -0.444 e. The summed E-state index contributed by atoms with van der Waals surface area (Å²) in [7, 11) is 0. The fourth-order valence-corrected chi connectivity index (χ4v) is 2.10. The predicted molar refractivity (Wildman–Crippen MR) is 78.4 cm³/mol. The molecule has 0 aromatic heterocycles. The monoisotopic (exact) mass is 284 g/mol. The summed E-state index contributed by atoms with van der Waals surface area (Å²) < 4.78 is 5.30. The lowest BCUT2D eigenvalue weighted by Gasteiger charge is -2.35. The maximum Gasteiger partial charge on any atom is 0.407 e. The summed E-state index contributed by atoms with van der Waals surface area (Å²) in [4.78, 5) is 25.5. The topological polar surface area (TPSA) is 58.6 Å². The van der Waals surface area contributed by atoms with Gasteiger partial charge in [-0.05, 0) is 32.6 Å². The van der Waals surface area contributed by atoms with Crippen molar-refractivity contribution in [2.75, 3.05) is 13.1 Å².